The third kappa shape index (κ3) is 5.21. The van der Waals surface area contributed by atoms with E-state index in [2.05, 4.69) is 9.97 Å². The van der Waals surface area contributed by atoms with Gasteiger partial charge >= 0.3 is 6.01 Å². The molecular formula is C20H17FN2O3S. The first-order valence-corrected chi connectivity index (χ1v) is 9.87. The summed E-state index contributed by atoms with van der Waals surface area (Å²) in [6.07, 6.45) is 4.11. The number of allylic oxidation sites excluding steroid dienone is 1. The van der Waals surface area contributed by atoms with Gasteiger partial charge in [0.25, 0.3) is 0 Å². The van der Waals surface area contributed by atoms with Crippen molar-refractivity contribution in [3.8, 4) is 11.8 Å². The van der Waals surface area contributed by atoms with Crippen LogP contribution in [0.15, 0.2) is 83.8 Å². The molecule has 0 radical (unpaired) electrons. The minimum Gasteiger partial charge on any atom is -0.424 e. The second-order valence-corrected chi connectivity index (χ2v) is 7.75. The highest BCUT2D eigenvalue weighted by Gasteiger charge is 2.15. The Kier molecular flexibility index (Phi) is 5.93. The maximum Gasteiger partial charge on any atom is 0.321 e. The number of para-hydroxylation sites is 1. The van der Waals surface area contributed by atoms with E-state index in [0.717, 1.165) is 0 Å². The molecule has 0 aliphatic rings. The molecule has 7 heteroatoms. The van der Waals surface area contributed by atoms with E-state index in [1.54, 1.807) is 48.5 Å². The van der Waals surface area contributed by atoms with Gasteiger partial charge in [-0.2, -0.15) is 0 Å². The van der Waals surface area contributed by atoms with Crippen molar-refractivity contribution in [2.24, 2.45) is 0 Å². The quantitative estimate of drug-likeness (QED) is 0.602. The topological polar surface area (TPSA) is 69.2 Å². The lowest BCUT2D eigenvalue weighted by Crippen LogP contribution is -2.06. The van der Waals surface area contributed by atoms with Crippen LogP contribution in [0.25, 0.3) is 6.08 Å². The smallest absolute Gasteiger partial charge is 0.321 e. The van der Waals surface area contributed by atoms with Crippen LogP contribution in [0.4, 0.5) is 4.39 Å². The lowest BCUT2D eigenvalue weighted by atomic mass is 10.1. The maximum absolute atomic E-state index is 14.4. The molecule has 1 heterocycles. The Morgan fingerprint density at radius 3 is 2.37 bits per heavy atom. The molecular weight excluding hydrogens is 367 g/mol. The van der Waals surface area contributed by atoms with Crippen LogP contribution < -0.4 is 4.74 Å². The van der Waals surface area contributed by atoms with Crippen LogP contribution in [0.2, 0.25) is 0 Å². The number of rotatable bonds is 7. The van der Waals surface area contributed by atoms with Gasteiger partial charge in [0.1, 0.15) is 11.6 Å². The van der Waals surface area contributed by atoms with Crippen LogP contribution in [0.1, 0.15) is 12.0 Å². The Morgan fingerprint density at radius 1 is 0.963 bits per heavy atom. The SMILES string of the molecule is O=S(=O)(CC/C(F)=C/c1ccccc1Oc1ncccn1)c1ccccc1. The minimum atomic E-state index is -3.54. The van der Waals surface area contributed by atoms with Crippen molar-refractivity contribution < 1.29 is 17.5 Å². The van der Waals surface area contributed by atoms with E-state index in [0.29, 0.717) is 11.3 Å². The predicted octanol–water partition coefficient (Wildman–Crippen LogP) is 4.44. The van der Waals surface area contributed by atoms with Gasteiger partial charge in [0.05, 0.1) is 10.6 Å². The average Bonchev–Trinajstić information content (AvgIpc) is 2.69. The summed E-state index contributed by atoms with van der Waals surface area (Å²) in [5.41, 5.74) is 0.472. The second kappa shape index (κ2) is 8.55. The van der Waals surface area contributed by atoms with E-state index in [9.17, 15) is 12.8 Å². The number of aromatic nitrogens is 2. The summed E-state index contributed by atoms with van der Waals surface area (Å²) in [5.74, 6) is -0.492. The van der Waals surface area contributed by atoms with E-state index in [1.807, 2.05) is 0 Å². The standard InChI is InChI=1S/C20H17FN2O3S/c21-17(11-14-27(24,25)18-8-2-1-3-9-18)15-16-7-4-5-10-19(16)26-20-22-12-6-13-23-20/h1-10,12-13,15H,11,14H2/b17-15-. The van der Waals surface area contributed by atoms with E-state index < -0.39 is 15.7 Å². The normalized spacial score (nSPS) is 12.0. The van der Waals surface area contributed by atoms with Crippen LogP contribution in [0, 0.1) is 0 Å². The summed E-state index contributed by atoms with van der Waals surface area (Å²) in [4.78, 5) is 8.12. The van der Waals surface area contributed by atoms with Crippen LogP contribution in [0.3, 0.4) is 0 Å². The third-order valence-corrected chi connectivity index (χ3v) is 5.42. The first-order valence-electron chi connectivity index (χ1n) is 8.22. The molecule has 1 aromatic heterocycles. The van der Waals surface area contributed by atoms with Crippen molar-refractivity contribution in [3.63, 3.8) is 0 Å². The van der Waals surface area contributed by atoms with Crippen LogP contribution in [-0.4, -0.2) is 24.1 Å². The number of benzene rings is 2. The van der Waals surface area contributed by atoms with Gasteiger partial charge in [-0.1, -0.05) is 36.4 Å². The van der Waals surface area contributed by atoms with E-state index in [1.165, 1.54) is 30.6 Å². The maximum atomic E-state index is 14.4. The molecule has 5 nitrogen and oxygen atoms in total. The summed E-state index contributed by atoms with van der Waals surface area (Å²) < 4.78 is 44.5. The molecule has 0 fully saturated rings. The molecule has 0 bridgehead atoms. The van der Waals surface area contributed by atoms with Gasteiger partial charge in [0, 0.05) is 24.4 Å². The largest absolute Gasteiger partial charge is 0.424 e. The predicted molar refractivity (Wildman–Crippen MR) is 101 cm³/mol. The molecule has 0 saturated carbocycles. The van der Waals surface area contributed by atoms with Crippen LogP contribution in [0.5, 0.6) is 11.8 Å². The zero-order chi connectivity index (χ0) is 19.1. The number of ether oxygens (including phenoxy) is 1. The second-order valence-electron chi connectivity index (χ2n) is 5.64. The van der Waals surface area contributed by atoms with E-state index in [-0.39, 0.29) is 23.1 Å². The fourth-order valence-electron chi connectivity index (χ4n) is 2.35. The molecule has 3 aromatic rings. The molecule has 0 atom stereocenters. The molecule has 0 amide bonds. The molecule has 0 N–H and O–H groups in total. The summed E-state index contributed by atoms with van der Waals surface area (Å²) >= 11 is 0. The number of nitrogens with zero attached hydrogens (tertiary/aromatic N) is 2. The van der Waals surface area contributed by atoms with Crippen molar-refractivity contribution in [2.45, 2.75) is 11.3 Å². The van der Waals surface area contributed by atoms with Gasteiger partial charge in [-0.15, -0.1) is 0 Å². The van der Waals surface area contributed by atoms with Crippen molar-refractivity contribution in [1.82, 2.24) is 9.97 Å². The molecule has 3 rings (SSSR count). The average molecular weight is 384 g/mol. The summed E-state index contributed by atoms with van der Waals surface area (Å²) in [5, 5.41) is 0. The number of hydrogen-bond donors (Lipinski definition) is 0. The molecule has 27 heavy (non-hydrogen) atoms. The third-order valence-electron chi connectivity index (χ3n) is 3.69. The zero-order valence-electron chi connectivity index (χ0n) is 14.3. The molecule has 0 aliphatic heterocycles. The van der Waals surface area contributed by atoms with Gasteiger partial charge in [-0.05, 0) is 30.3 Å². The van der Waals surface area contributed by atoms with Gasteiger partial charge in [0.2, 0.25) is 0 Å². The van der Waals surface area contributed by atoms with Crippen LogP contribution in [-0.2, 0) is 9.84 Å². The highest BCUT2D eigenvalue weighted by Crippen LogP contribution is 2.26. The van der Waals surface area contributed by atoms with Gasteiger partial charge in [0.15, 0.2) is 9.84 Å². The molecule has 0 spiro atoms. The van der Waals surface area contributed by atoms with Gasteiger partial charge in [-0.25, -0.2) is 22.8 Å². The lowest BCUT2D eigenvalue weighted by Gasteiger charge is -2.07. The number of hydrogen-bond acceptors (Lipinski definition) is 5. The highest BCUT2D eigenvalue weighted by atomic mass is 32.2. The van der Waals surface area contributed by atoms with Crippen molar-refractivity contribution in [2.75, 3.05) is 5.75 Å². The summed E-state index contributed by atoms with van der Waals surface area (Å²) in [6, 6.07) is 16.6. The summed E-state index contributed by atoms with van der Waals surface area (Å²) in [6.45, 7) is 0. The fourth-order valence-corrected chi connectivity index (χ4v) is 3.62. The Hall–Kier alpha value is -3.06. The fraction of sp³-hybridized carbons (Fsp3) is 0.100. The van der Waals surface area contributed by atoms with Crippen molar-refractivity contribution in [1.29, 1.82) is 0 Å². The van der Waals surface area contributed by atoms with Crippen molar-refractivity contribution in [3.05, 3.63) is 84.4 Å². The number of halogens is 1. The Morgan fingerprint density at radius 2 is 1.63 bits per heavy atom. The van der Waals surface area contributed by atoms with Gasteiger partial charge < -0.3 is 4.74 Å². The Bertz CT molecular complexity index is 1020. The summed E-state index contributed by atoms with van der Waals surface area (Å²) in [7, 11) is -3.54. The lowest BCUT2D eigenvalue weighted by molar-refractivity contribution is 0.440. The molecule has 138 valence electrons. The van der Waals surface area contributed by atoms with E-state index >= 15 is 0 Å². The Balaban J connectivity index is 1.73. The monoisotopic (exact) mass is 384 g/mol. The molecule has 0 saturated heterocycles. The van der Waals surface area contributed by atoms with Gasteiger partial charge in [-0.3, -0.25) is 0 Å². The van der Waals surface area contributed by atoms with Crippen molar-refractivity contribution >= 4 is 15.9 Å². The molecule has 0 aliphatic carbocycles. The highest BCUT2D eigenvalue weighted by molar-refractivity contribution is 7.91. The first-order chi connectivity index (χ1) is 13.0. The molecule has 0 unspecified atom stereocenters. The van der Waals surface area contributed by atoms with E-state index in [4.69, 9.17) is 4.74 Å². The minimum absolute atomic E-state index is 0.144. The van der Waals surface area contributed by atoms with Crippen LogP contribution >= 0.6 is 0 Å². The first kappa shape index (κ1) is 18.7. The number of sulfone groups is 1. The molecule has 2 aromatic carbocycles. The Labute approximate surface area is 157 Å². The zero-order valence-corrected chi connectivity index (χ0v) is 15.1.